The Balaban J connectivity index is 2.34. The third kappa shape index (κ3) is 1.96. The Hall–Kier alpha value is -1.71. The van der Waals surface area contributed by atoms with Crippen LogP contribution < -0.4 is 0 Å². The largest absolute Gasteiger partial charge is 0.508 e. The second-order valence-corrected chi connectivity index (χ2v) is 4.13. The average Bonchev–Trinajstić information content (AvgIpc) is 2.29. The normalized spacial score (nSPS) is 23.5. The van der Waals surface area contributed by atoms with Crippen molar-refractivity contribution in [3.05, 3.63) is 23.8 Å². The van der Waals surface area contributed by atoms with Crippen LogP contribution in [-0.4, -0.2) is 21.1 Å². The fourth-order valence-electron chi connectivity index (χ4n) is 2.28. The summed E-state index contributed by atoms with van der Waals surface area (Å²) in [6.45, 7) is 0. The SMILES string of the molecule is ON=C1CCCCC1c1ccc(O)cc1O. The number of rotatable bonds is 1. The van der Waals surface area contributed by atoms with Crippen LogP contribution in [0.15, 0.2) is 23.4 Å². The number of benzene rings is 1. The summed E-state index contributed by atoms with van der Waals surface area (Å²) in [6.07, 6.45) is 3.72. The predicted molar refractivity (Wildman–Crippen MR) is 60.2 cm³/mol. The molecule has 1 aliphatic rings. The molecule has 0 aromatic heterocycles. The molecule has 1 fully saturated rings. The Morgan fingerprint density at radius 1 is 1.19 bits per heavy atom. The van der Waals surface area contributed by atoms with Crippen molar-refractivity contribution >= 4 is 5.71 Å². The highest BCUT2D eigenvalue weighted by Gasteiger charge is 2.25. The summed E-state index contributed by atoms with van der Waals surface area (Å²) in [4.78, 5) is 0. The van der Waals surface area contributed by atoms with Crippen LogP contribution in [0.4, 0.5) is 0 Å². The van der Waals surface area contributed by atoms with Crippen molar-refractivity contribution in [2.45, 2.75) is 31.6 Å². The quantitative estimate of drug-likeness (QED) is 0.504. The maximum Gasteiger partial charge on any atom is 0.123 e. The van der Waals surface area contributed by atoms with E-state index in [1.165, 1.54) is 6.07 Å². The third-order valence-corrected chi connectivity index (χ3v) is 3.10. The van der Waals surface area contributed by atoms with Crippen molar-refractivity contribution in [1.82, 2.24) is 0 Å². The van der Waals surface area contributed by atoms with Crippen LogP contribution in [0.5, 0.6) is 11.5 Å². The summed E-state index contributed by atoms with van der Waals surface area (Å²) < 4.78 is 0. The van der Waals surface area contributed by atoms with Gasteiger partial charge in [0.15, 0.2) is 0 Å². The maximum absolute atomic E-state index is 9.76. The van der Waals surface area contributed by atoms with Gasteiger partial charge in [0.25, 0.3) is 0 Å². The highest BCUT2D eigenvalue weighted by molar-refractivity contribution is 5.91. The number of hydrogen-bond donors (Lipinski definition) is 3. The lowest BCUT2D eigenvalue weighted by Gasteiger charge is -2.23. The molecule has 2 rings (SSSR count). The highest BCUT2D eigenvalue weighted by atomic mass is 16.4. The predicted octanol–water partition coefficient (Wildman–Crippen LogP) is 2.59. The summed E-state index contributed by atoms with van der Waals surface area (Å²) in [5, 5.41) is 31.2. The first-order chi connectivity index (χ1) is 7.72. The Kier molecular flexibility index (Phi) is 2.99. The Labute approximate surface area is 93.8 Å². The molecule has 1 saturated carbocycles. The molecule has 0 aliphatic heterocycles. The first kappa shape index (κ1) is 10.8. The molecule has 0 bridgehead atoms. The van der Waals surface area contributed by atoms with Crippen molar-refractivity contribution in [1.29, 1.82) is 0 Å². The van der Waals surface area contributed by atoms with Crippen LogP contribution in [0, 0.1) is 0 Å². The topological polar surface area (TPSA) is 73.1 Å². The van der Waals surface area contributed by atoms with Gasteiger partial charge in [-0.25, -0.2) is 0 Å². The number of oxime groups is 1. The van der Waals surface area contributed by atoms with Crippen LogP contribution in [0.25, 0.3) is 0 Å². The molecule has 4 heteroatoms. The molecule has 0 heterocycles. The smallest absolute Gasteiger partial charge is 0.123 e. The average molecular weight is 221 g/mol. The van der Waals surface area contributed by atoms with E-state index in [-0.39, 0.29) is 17.4 Å². The van der Waals surface area contributed by atoms with Crippen LogP contribution in [0.2, 0.25) is 0 Å². The molecule has 86 valence electrons. The first-order valence-corrected chi connectivity index (χ1v) is 5.45. The van der Waals surface area contributed by atoms with Crippen LogP contribution in [0.3, 0.4) is 0 Å². The Morgan fingerprint density at radius 3 is 2.69 bits per heavy atom. The van der Waals surface area contributed by atoms with Gasteiger partial charge in [0.1, 0.15) is 11.5 Å². The van der Waals surface area contributed by atoms with Gasteiger partial charge in [-0.15, -0.1) is 0 Å². The van der Waals surface area contributed by atoms with E-state index in [4.69, 9.17) is 5.21 Å². The molecule has 1 aromatic carbocycles. The van der Waals surface area contributed by atoms with Gasteiger partial charge in [0.2, 0.25) is 0 Å². The van der Waals surface area contributed by atoms with Gasteiger partial charge in [-0.1, -0.05) is 17.6 Å². The van der Waals surface area contributed by atoms with Crippen LogP contribution in [-0.2, 0) is 0 Å². The van der Waals surface area contributed by atoms with E-state index in [0.717, 1.165) is 31.2 Å². The lowest BCUT2D eigenvalue weighted by molar-refractivity contribution is 0.312. The Bertz CT molecular complexity index is 415. The van der Waals surface area contributed by atoms with Crippen molar-refractivity contribution in [2.24, 2.45) is 5.16 Å². The third-order valence-electron chi connectivity index (χ3n) is 3.10. The molecular weight excluding hydrogens is 206 g/mol. The van der Waals surface area contributed by atoms with E-state index in [1.807, 2.05) is 0 Å². The van der Waals surface area contributed by atoms with E-state index in [9.17, 15) is 10.2 Å². The molecule has 1 aromatic rings. The standard InChI is InChI=1S/C12H15NO3/c14-8-5-6-10(12(15)7-8)9-3-1-2-4-11(9)13-16/h5-7,9,14-16H,1-4H2. The second-order valence-electron chi connectivity index (χ2n) is 4.13. The second kappa shape index (κ2) is 4.43. The van der Waals surface area contributed by atoms with Gasteiger partial charge in [0.05, 0.1) is 5.71 Å². The van der Waals surface area contributed by atoms with Gasteiger partial charge in [-0.05, 0) is 25.3 Å². The van der Waals surface area contributed by atoms with E-state index in [2.05, 4.69) is 5.16 Å². The number of phenolic OH excluding ortho intramolecular Hbond substituents is 2. The van der Waals surface area contributed by atoms with Crippen molar-refractivity contribution in [3.63, 3.8) is 0 Å². The summed E-state index contributed by atoms with van der Waals surface area (Å²) >= 11 is 0. The van der Waals surface area contributed by atoms with E-state index in [1.54, 1.807) is 12.1 Å². The van der Waals surface area contributed by atoms with Crippen LogP contribution >= 0.6 is 0 Å². The van der Waals surface area contributed by atoms with E-state index in [0.29, 0.717) is 5.71 Å². The van der Waals surface area contributed by atoms with Gasteiger partial charge in [-0.3, -0.25) is 0 Å². The van der Waals surface area contributed by atoms with Crippen molar-refractivity contribution in [3.8, 4) is 11.5 Å². The lowest BCUT2D eigenvalue weighted by Crippen LogP contribution is -2.17. The van der Waals surface area contributed by atoms with Gasteiger partial charge < -0.3 is 15.4 Å². The van der Waals surface area contributed by atoms with E-state index < -0.39 is 0 Å². The number of nitrogens with zero attached hydrogens (tertiary/aromatic N) is 1. The van der Waals surface area contributed by atoms with Crippen molar-refractivity contribution < 1.29 is 15.4 Å². The highest BCUT2D eigenvalue weighted by Crippen LogP contribution is 2.36. The molecule has 0 saturated heterocycles. The minimum atomic E-state index is -0.0284. The van der Waals surface area contributed by atoms with E-state index >= 15 is 0 Å². The maximum atomic E-state index is 9.76. The first-order valence-electron chi connectivity index (χ1n) is 5.45. The summed E-state index contributed by atoms with van der Waals surface area (Å²) in [5.74, 6) is 0.0759. The number of hydrogen-bond acceptors (Lipinski definition) is 4. The zero-order valence-electron chi connectivity index (χ0n) is 8.93. The fraction of sp³-hybridized carbons (Fsp3) is 0.417. The minimum Gasteiger partial charge on any atom is -0.508 e. The zero-order chi connectivity index (χ0) is 11.5. The van der Waals surface area contributed by atoms with Crippen LogP contribution in [0.1, 0.15) is 37.2 Å². The molecule has 1 aliphatic carbocycles. The monoisotopic (exact) mass is 221 g/mol. The van der Waals surface area contributed by atoms with Gasteiger partial charge in [-0.2, -0.15) is 0 Å². The number of phenols is 2. The molecule has 1 atom stereocenters. The molecule has 4 nitrogen and oxygen atoms in total. The summed E-state index contributed by atoms with van der Waals surface area (Å²) in [5.41, 5.74) is 1.44. The molecule has 0 amide bonds. The fourth-order valence-corrected chi connectivity index (χ4v) is 2.28. The molecule has 0 spiro atoms. The number of aromatic hydroxyl groups is 2. The zero-order valence-corrected chi connectivity index (χ0v) is 8.93. The molecular formula is C12H15NO3. The summed E-state index contributed by atoms with van der Waals surface area (Å²) in [7, 11) is 0. The minimum absolute atomic E-state index is 0.0284. The lowest BCUT2D eigenvalue weighted by atomic mass is 9.82. The molecule has 0 radical (unpaired) electrons. The van der Waals surface area contributed by atoms with Gasteiger partial charge >= 0.3 is 0 Å². The van der Waals surface area contributed by atoms with Crippen molar-refractivity contribution in [2.75, 3.05) is 0 Å². The molecule has 3 N–H and O–H groups in total. The molecule has 1 unspecified atom stereocenters. The molecule has 16 heavy (non-hydrogen) atoms. The Morgan fingerprint density at radius 2 is 2.00 bits per heavy atom. The summed E-state index contributed by atoms with van der Waals surface area (Å²) in [6, 6.07) is 4.55. The van der Waals surface area contributed by atoms with Gasteiger partial charge in [0, 0.05) is 17.5 Å².